The lowest BCUT2D eigenvalue weighted by Gasteiger charge is -2.50. The van der Waals surface area contributed by atoms with Crippen molar-refractivity contribution in [3.8, 4) is 17.3 Å². The van der Waals surface area contributed by atoms with Crippen LogP contribution in [0.4, 0.5) is 5.69 Å². The Labute approximate surface area is 248 Å². The van der Waals surface area contributed by atoms with E-state index in [1.54, 1.807) is 24.8 Å². The minimum atomic E-state index is -0.467. The lowest BCUT2D eigenvalue weighted by molar-refractivity contribution is 0.0923. The van der Waals surface area contributed by atoms with Crippen LogP contribution in [0.2, 0.25) is 0 Å². The monoisotopic (exact) mass is 586 g/mol. The van der Waals surface area contributed by atoms with Crippen molar-refractivity contribution in [3.05, 3.63) is 55.0 Å². The number of carbonyl (C=O) groups is 1. The van der Waals surface area contributed by atoms with E-state index in [9.17, 15) is 10.1 Å². The topological polar surface area (TPSA) is 127 Å². The second kappa shape index (κ2) is 11.7. The van der Waals surface area contributed by atoms with Gasteiger partial charge in [-0.05, 0) is 54.8 Å². The van der Waals surface area contributed by atoms with E-state index in [2.05, 4.69) is 48.8 Å². The Morgan fingerprint density at radius 3 is 2.76 bits per heavy atom. The maximum atomic E-state index is 12.6. The summed E-state index contributed by atoms with van der Waals surface area (Å²) >= 11 is 0. The van der Waals surface area contributed by atoms with Crippen LogP contribution in [0, 0.1) is 17.2 Å². The van der Waals surface area contributed by atoms with Crippen LogP contribution in [0.5, 0.6) is 0 Å². The second-order valence-corrected chi connectivity index (χ2v) is 13.9. The van der Waals surface area contributed by atoms with Gasteiger partial charge in [-0.25, -0.2) is 15.0 Å². The van der Waals surface area contributed by atoms with E-state index in [1.807, 2.05) is 40.7 Å². The number of nitriles is 1. The van der Waals surface area contributed by atoms with Crippen LogP contribution < -0.4 is 10.2 Å². The van der Waals surface area contributed by atoms with Crippen LogP contribution in [0.25, 0.3) is 22.3 Å². The van der Waals surface area contributed by atoms with Gasteiger partial charge in [0, 0.05) is 42.5 Å². The van der Waals surface area contributed by atoms with E-state index in [4.69, 9.17) is 4.74 Å². The molecule has 1 atom stereocenters. The van der Waals surface area contributed by atoms with Gasteiger partial charge in [-0.3, -0.25) is 9.48 Å². The number of pyridine rings is 1. The van der Waals surface area contributed by atoms with Crippen molar-refractivity contribution in [1.29, 1.82) is 5.26 Å². The van der Waals surface area contributed by atoms with Crippen molar-refractivity contribution in [2.75, 3.05) is 42.9 Å². The summed E-state index contributed by atoms with van der Waals surface area (Å²) in [4.78, 5) is 28.2. The van der Waals surface area contributed by atoms with Gasteiger partial charge in [0.1, 0.15) is 35.7 Å². The summed E-state index contributed by atoms with van der Waals surface area (Å²) in [6.45, 7) is 4.42. The Kier molecular flexibility index (Phi) is 7.88. The predicted molar refractivity (Wildman–Crippen MR) is 163 cm³/mol. The number of nitrogens with one attached hydrogen (secondary N) is 1. The van der Waals surface area contributed by atoms with Gasteiger partial charge in [-0.2, -0.15) is 10.4 Å². The molecule has 12 heteroatoms. The second-order valence-electron chi connectivity index (χ2n) is 11.6. The molecule has 0 aromatic carbocycles. The SMILES string of the molecule is C[C@H](NC(=O)c1ccc(N2CC(CC#N)(n3cc(-c4ncnc5c4ccn5COCC[S+](C)C)cn3)C2)cn1)C1CC1. The van der Waals surface area contributed by atoms with Crippen molar-refractivity contribution < 1.29 is 9.53 Å². The molecule has 1 amide bonds. The van der Waals surface area contributed by atoms with E-state index in [-0.39, 0.29) is 11.9 Å². The number of amides is 1. The highest BCUT2D eigenvalue weighted by Crippen LogP contribution is 2.37. The molecule has 1 saturated carbocycles. The van der Waals surface area contributed by atoms with Gasteiger partial charge >= 0.3 is 0 Å². The summed E-state index contributed by atoms with van der Waals surface area (Å²) in [7, 11) is 0.350. The highest BCUT2D eigenvalue weighted by Gasteiger charge is 2.46. The van der Waals surface area contributed by atoms with Gasteiger partial charge in [0.15, 0.2) is 0 Å². The van der Waals surface area contributed by atoms with Crippen molar-refractivity contribution in [2.45, 2.75) is 44.5 Å². The van der Waals surface area contributed by atoms with Gasteiger partial charge in [0.25, 0.3) is 5.91 Å². The van der Waals surface area contributed by atoms with Crippen LogP contribution >= 0.6 is 0 Å². The van der Waals surface area contributed by atoms with Crippen molar-refractivity contribution in [2.24, 2.45) is 5.92 Å². The van der Waals surface area contributed by atoms with Gasteiger partial charge in [0.2, 0.25) is 0 Å². The minimum Gasteiger partial charge on any atom is -0.365 e. The molecule has 1 saturated heterocycles. The molecule has 5 heterocycles. The van der Waals surface area contributed by atoms with E-state index < -0.39 is 5.54 Å². The maximum absolute atomic E-state index is 12.6. The Balaban J connectivity index is 1.14. The molecule has 2 fully saturated rings. The molecule has 42 heavy (non-hydrogen) atoms. The summed E-state index contributed by atoms with van der Waals surface area (Å²) < 4.78 is 9.76. The first kappa shape index (κ1) is 28.2. The lowest BCUT2D eigenvalue weighted by atomic mass is 9.86. The Morgan fingerprint density at radius 1 is 1.21 bits per heavy atom. The highest BCUT2D eigenvalue weighted by atomic mass is 32.2. The molecule has 1 aliphatic heterocycles. The van der Waals surface area contributed by atoms with Crippen molar-refractivity contribution in [3.63, 3.8) is 0 Å². The molecule has 6 rings (SSSR count). The van der Waals surface area contributed by atoms with Crippen molar-refractivity contribution in [1.82, 2.24) is 34.6 Å². The molecule has 0 unspecified atom stereocenters. The molecule has 0 bridgehead atoms. The molecular formula is C30H36N9O2S+. The Morgan fingerprint density at radius 2 is 2.05 bits per heavy atom. The number of ether oxygens (including phenoxy) is 1. The third-order valence-electron chi connectivity index (χ3n) is 8.18. The third-order valence-corrected chi connectivity index (χ3v) is 9.16. The summed E-state index contributed by atoms with van der Waals surface area (Å²) in [5.41, 5.74) is 3.34. The Hall–Kier alpha value is -3.95. The molecule has 11 nitrogen and oxygen atoms in total. The largest absolute Gasteiger partial charge is 0.365 e. The minimum absolute atomic E-state index is 0.138. The Bertz CT molecular complexity index is 1600. The van der Waals surface area contributed by atoms with Crippen LogP contribution in [0.3, 0.4) is 0 Å². The summed E-state index contributed by atoms with van der Waals surface area (Å²) in [6, 6.07) is 8.22. The normalized spacial score (nSPS) is 16.8. The number of aromatic nitrogens is 6. The van der Waals surface area contributed by atoms with E-state index in [1.165, 1.54) is 12.8 Å². The number of rotatable bonds is 12. The maximum Gasteiger partial charge on any atom is 0.270 e. The number of anilines is 1. The molecule has 0 radical (unpaired) electrons. The zero-order chi connectivity index (χ0) is 29.3. The van der Waals surface area contributed by atoms with E-state index in [0.717, 1.165) is 33.7 Å². The van der Waals surface area contributed by atoms with Crippen LogP contribution in [-0.4, -0.2) is 79.2 Å². The van der Waals surface area contributed by atoms with Crippen LogP contribution in [-0.2, 0) is 27.9 Å². The average Bonchev–Trinajstić information content (AvgIpc) is 3.56. The van der Waals surface area contributed by atoms with E-state index >= 15 is 0 Å². The summed E-state index contributed by atoms with van der Waals surface area (Å²) in [6.07, 6.45) is 16.2. The van der Waals surface area contributed by atoms with Crippen LogP contribution in [0.1, 0.15) is 36.7 Å². The van der Waals surface area contributed by atoms with Gasteiger partial charge in [-0.1, -0.05) is 0 Å². The predicted octanol–water partition coefficient (Wildman–Crippen LogP) is 3.20. The smallest absolute Gasteiger partial charge is 0.270 e. The van der Waals surface area contributed by atoms with Gasteiger partial charge in [0.05, 0.1) is 55.4 Å². The fourth-order valence-electron chi connectivity index (χ4n) is 5.46. The quantitative estimate of drug-likeness (QED) is 0.198. The third kappa shape index (κ3) is 5.71. The zero-order valence-electron chi connectivity index (χ0n) is 24.2. The fourth-order valence-corrected chi connectivity index (χ4v) is 5.92. The summed E-state index contributed by atoms with van der Waals surface area (Å²) in [5.74, 6) is 1.49. The lowest BCUT2D eigenvalue weighted by Crippen LogP contribution is -2.63. The average molecular weight is 587 g/mol. The fraction of sp³-hybridized carbons (Fsp3) is 0.467. The first-order valence-corrected chi connectivity index (χ1v) is 16.4. The molecule has 2 aliphatic rings. The van der Waals surface area contributed by atoms with Gasteiger partial charge < -0.3 is 19.5 Å². The first-order valence-electron chi connectivity index (χ1n) is 14.2. The first-order chi connectivity index (χ1) is 20.4. The number of hydrogen-bond donors (Lipinski definition) is 1. The zero-order valence-corrected chi connectivity index (χ0v) is 25.0. The molecule has 4 aromatic heterocycles. The standard InChI is InChI=1S/C30H35N9O2S/c1-21(22-4-5-22)36-29(40)26-7-6-24(15-32-26)38-17-30(18-38,9-10-31)39-16-23(14-35-39)27-25-8-11-37(28(25)34-19-33-27)20-41-12-13-42(2)3/h6-8,11,14-16,19,21-22H,4-5,9,12-13,17-18,20H2,1-3H3/p+1/t21-/m0/s1. The molecule has 0 spiro atoms. The molecule has 1 aliphatic carbocycles. The van der Waals surface area contributed by atoms with Crippen molar-refractivity contribution >= 4 is 33.5 Å². The molecular weight excluding hydrogens is 550 g/mol. The number of hydrogen-bond acceptors (Lipinski definition) is 8. The highest BCUT2D eigenvalue weighted by molar-refractivity contribution is 7.95. The van der Waals surface area contributed by atoms with E-state index in [0.29, 0.717) is 55.4 Å². The number of carbonyl (C=O) groups excluding carboxylic acids is 1. The molecule has 4 aromatic rings. The molecule has 1 N–H and O–H groups in total. The van der Waals surface area contributed by atoms with Crippen LogP contribution in [0.15, 0.2) is 49.3 Å². The molecule has 218 valence electrons. The number of fused-ring (bicyclic) bond motifs is 1. The number of nitrogens with zero attached hydrogens (tertiary/aromatic N) is 8. The summed E-state index contributed by atoms with van der Waals surface area (Å²) in [5, 5.41) is 18.3. The van der Waals surface area contributed by atoms with Gasteiger partial charge in [-0.15, -0.1) is 0 Å².